The molecule has 0 saturated carbocycles. The second kappa shape index (κ2) is 5.73. The average Bonchev–Trinajstić information content (AvgIpc) is 2.33. The summed E-state index contributed by atoms with van der Waals surface area (Å²) in [6.45, 7) is 3.17. The van der Waals surface area contributed by atoms with Gasteiger partial charge in [0.25, 0.3) is 0 Å². The Kier molecular flexibility index (Phi) is 4.27. The van der Waals surface area contributed by atoms with E-state index in [9.17, 15) is 0 Å². The van der Waals surface area contributed by atoms with E-state index < -0.39 is 0 Å². The smallest absolute Gasteiger partial charge is 0.131 e. The van der Waals surface area contributed by atoms with Crippen LogP contribution in [0.25, 0.3) is 0 Å². The van der Waals surface area contributed by atoms with E-state index >= 15 is 0 Å². The van der Waals surface area contributed by atoms with Crippen LogP contribution in [0.2, 0.25) is 5.02 Å². The van der Waals surface area contributed by atoms with Gasteiger partial charge in [0.1, 0.15) is 5.82 Å². The Balaban J connectivity index is 2.19. The van der Waals surface area contributed by atoms with Crippen molar-refractivity contribution in [3.63, 3.8) is 0 Å². The van der Waals surface area contributed by atoms with Gasteiger partial charge in [0.2, 0.25) is 0 Å². The van der Waals surface area contributed by atoms with E-state index in [0.29, 0.717) is 30.0 Å². The summed E-state index contributed by atoms with van der Waals surface area (Å²) < 4.78 is 5.54. The number of aromatic nitrogens is 1. The second-order valence-corrected chi connectivity index (χ2v) is 5.16. The number of nitrogens with zero attached hydrogens (tertiary/aromatic N) is 3. The Bertz CT molecular complexity index is 413. The number of pyridine rings is 1. The Labute approximate surface area is 112 Å². The first-order valence-corrected chi connectivity index (χ1v) is 6.36. The van der Waals surface area contributed by atoms with Gasteiger partial charge in [-0.05, 0) is 14.1 Å². The topological polar surface area (TPSA) is 54.6 Å². The molecular formula is C12H19ClN4O. The third kappa shape index (κ3) is 3.04. The van der Waals surface area contributed by atoms with Gasteiger partial charge in [0.05, 0.1) is 30.0 Å². The number of hydrogen-bond donors (Lipinski definition) is 1. The Morgan fingerprint density at radius 2 is 2.39 bits per heavy atom. The molecule has 0 radical (unpaired) electrons. The normalized spacial score (nSPS) is 20.4. The number of anilines is 2. The fourth-order valence-corrected chi connectivity index (χ4v) is 2.23. The number of likely N-dealkylation sites (N-methyl/N-ethyl adjacent to an activating group) is 1. The molecular weight excluding hydrogens is 252 g/mol. The van der Waals surface area contributed by atoms with Gasteiger partial charge < -0.3 is 20.3 Å². The maximum atomic E-state index is 5.90. The summed E-state index contributed by atoms with van der Waals surface area (Å²) in [6.07, 6.45) is 1.61. The first kappa shape index (κ1) is 13.4. The number of rotatable bonds is 3. The van der Waals surface area contributed by atoms with Crippen molar-refractivity contribution in [2.75, 3.05) is 51.0 Å². The lowest BCUT2D eigenvalue weighted by atomic mass is 10.2. The van der Waals surface area contributed by atoms with Gasteiger partial charge in [-0.1, -0.05) is 11.6 Å². The maximum absolute atomic E-state index is 5.90. The minimum Gasteiger partial charge on any atom is -0.397 e. The van der Waals surface area contributed by atoms with E-state index in [4.69, 9.17) is 22.1 Å². The molecule has 1 aliphatic heterocycles. The van der Waals surface area contributed by atoms with Crippen molar-refractivity contribution in [1.29, 1.82) is 0 Å². The quantitative estimate of drug-likeness (QED) is 0.891. The van der Waals surface area contributed by atoms with Crippen LogP contribution in [0.4, 0.5) is 11.5 Å². The Morgan fingerprint density at radius 1 is 1.61 bits per heavy atom. The highest BCUT2D eigenvalue weighted by Crippen LogP contribution is 2.24. The van der Waals surface area contributed by atoms with Crippen LogP contribution in [-0.2, 0) is 4.74 Å². The van der Waals surface area contributed by atoms with Gasteiger partial charge >= 0.3 is 0 Å². The molecule has 1 aliphatic rings. The zero-order chi connectivity index (χ0) is 13.1. The van der Waals surface area contributed by atoms with Crippen molar-refractivity contribution in [2.45, 2.75) is 6.04 Å². The minimum atomic E-state index is 0.293. The lowest BCUT2D eigenvalue weighted by molar-refractivity contribution is 0.0850. The van der Waals surface area contributed by atoms with Gasteiger partial charge in [-0.25, -0.2) is 4.98 Å². The lowest BCUT2D eigenvalue weighted by Crippen LogP contribution is -2.50. The summed E-state index contributed by atoms with van der Waals surface area (Å²) in [5, 5.41) is 0.496. The number of nitrogens with two attached hydrogens (primary N) is 1. The van der Waals surface area contributed by atoms with Crippen LogP contribution < -0.4 is 10.6 Å². The molecule has 0 aliphatic carbocycles. The molecule has 0 aromatic carbocycles. The summed E-state index contributed by atoms with van der Waals surface area (Å²) in [5.74, 6) is 0.868. The molecule has 1 unspecified atom stereocenters. The summed E-state index contributed by atoms with van der Waals surface area (Å²) in [6, 6.07) is 2.12. The van der Waals surface area contributed by atoms with Gasteiger partial charge in [-0.2, -0.15) is 0 Å². The molecule has 0 bridgehead atoms. The first-order valence-electron chi connectivity index (χ1n) is 5.98. The predicted octanol–water partition coefficient (Wildman–Crippen LogP) is 1.08. The highest BCUT2D eigenvalue weighted by molar-refractivity contribution is 6.32. The highest BCUT2D eigenvalue weighted by Gasteiger charge is 2.24. The van der Waals surface area contributed by atoms with Crippen LogP contribution in [0.1, 0.15) is 0 Å². The van der Waals surface area contributed by atoms with E-state index in [0.717, 1.165) is 18.9 Å². The molecule has 2 rings (SSSR count). The summed E-state index contributed by atoms with van der Waals surface area (Å²) in [5.41, 5.74) is 6.40. The molecule has 6 heteroatoms. The van der Waals surface area contributed by atoms with Crippen molar-refractivity contribution in [3.05, 3.63) is 17.3 Å². The van der Waals surface area contributed by atoms with Crippen LogP contribution in [0.3, 0.4) is 0 Å². The van der Waals surface area contributed by atoms with Crippen molar-refractivity contribution in [3.8, 4) is 0 Å². The van der Waals surface area contributed by atoms with E-state index in [1.807, 2.05) is 6.07 Å². The fraction of sp³-hybridized carbons (Fsp3) is 0.583. The minimum absolute atomic E-state index is 0.293. The molecule has 100 valence electrons. The van der Waals surface area contributed by atoms with Crippen LogP contribution in [0.5, 0.6) is 0 Å². The Morgan fingerprint density at radius 3 is 3.06 bits per heavy atom. The molecule has 1 fully saturated rings. The van der Waals surface area contributed by atoms with Crippen molar-refractivity contribution >= 4 is 23.1 Å². The largest absolute Gasteiger partial charge is 0.397 e. The van der Waals surface area contributed by atoms with Gasteiger partial charge in [0, 0.05) is 25.4 Å². The zero-order valence-electron chi connectivity index (χ0n) is 10.8. The van der Waals surface area contributed by atoms with Crippen LogP contribution in [0, 0.1) is 0 Å². The van der Waals surface area contributed by atoms with E-state index in [2.05, 4.69) is 28.9 Å². The molecule has 18 heavy (non-hydrogen) atoms. The number of hydrogen-bond acceptors (Lipinski definition) is 5. The van der Waals surface area contributed by atoms with Crippen LogP contribution in [-0.4, -0.2) is 56.3 Å². The number of ether oxygens (including phenoxy) is 1. The average molecular weight is 271 g/mol. The molecule has 1 atom stereocenters. The monoisotopic (exact) mass is 270 g/mol. The molecule has 1 aromatic rings. The van der Waals surface area contributed by atoms with Crippen molar-refractivity contribution in [2.24, 2.45) is 0 Å². The molecule has 5 nitrogen and oxygen atoms in total. The van der Waals surface area contributed by atoms with E-state index in [1.54, 1.807) is 6.20 Å². The SMILES string of the molecule is CN(C)CC1COCCN1c1cc(N)c(Cl)cn1. The molecule has 1 aromatic heterocycles. The third-order valence-electron chi connectivity index (χ3n) is 2.97. The molecule has 2 heterocycles. The number of morpholine rings is 1. The first-order chi connectivity index (χ1) is 8.58. The number of nitrogen functional groups attached to an aromatic ring is 1. The highest BCUT2D eigenvalue weighted by atomic mass is 35.5. The van der Waals surface area contributed by atoms with Gasteiger partial charge in [0.15, 0.2) is 0 Å². The molecule has 0 amide bonds. The van der Waals surface area contributed by atoms with Gasteiger partial charge in [-0.15, -0.1) is 0 Å². The maximum Gasteiger partial charge on any atom is 0.131 e. The summed E-state index contributed by atoms with van der Waals surface area (Å²) in [7, 11) is 4.10. The number of halogens is 1. The molecule has 2 N–H and O–H groups in total. The van der Waals surface area contributed by atoms with E-state index in [-0.39, 0.29) is 0 Å². The summed E-state index contributed by atoms with van der Waals surface area (Å²) >= 11 is 5.90. The van der Waals surface area contributed by atoms with E-state index in [1.165, 1.54) is 0 Å². The van der Waals surface area contributed by atoms with Crippen LogP contribution in [0.15, 0.2) is 12.3 Å². The third-order valence-corrected chi connectivity index (χ3v) is 3.28. The lowest BCUT2D eigenvalue weighted by Gasteiger charge is -2.37. The Hall–Kier alpha value is -1.04. The predicted molar refractivity (Wildman–Crippen MR) is 74.2 cm³/mol. The second-order valence-electron chi connectivity index (χ2n) is 4.75. The van der Waals surface area contributed by atoms with Crippen LogP contribution >= 0.6 is 11.6 Å². The standard InChI is InChI=1S/C12H19ClN4O/c1-16(2)7-9-8-18-4-3-17(9)12-5-11(14)10(13)6-15-12/h5-6,9H,3-4,7-8H2,1-2H3,(H2,14,15). The summed E-state index contributed by atoms with van der Waals surface area (Å²) in [4.78, 5) is 8.74. The molecule has 0 spiro atoms. The van der Waals surface area contributed by atoms with Crippen molar-refractivity contribution in [1.82, 2.24) is 9.88 Å². The molecule has 1 saturated heterocycles. The zero-order valence-corrected chi connectivity index (χ0v) is 11.5. The van der Waals surface area contributed by atoms with Gasteiger partial charge in [-0.3, -0.25) is 0 Å². The fourth-order valence-electron chi connectivity index (χ4n) is 2.13. The van der Waals surface area contributed by atoms with Crippen molar-refractivity contribution < 1.29 is 4.74 Å².